The summed E-state index contributed by atoms with van der Waals surface area (Å²) in [5, 5.41) is 5.06. The molecule has 0 aliphatic heterocycles. The number of hydrogen-bond donors (Lipinski definition) is 1. The van der Waals surface area contributed by atoms with Crippen LogP contribution in [-0.2, 0) is 12.8 Å². The number of nitrogens with zero attached hydrogens (tertiary/aromatic N) is 1. The molecule has 0 saturated heterocycles. The first-order valence-corrected chi connectivity index (χ1v) is 7.30. The van der Waals surface area contributed by atoms with E-state index in [1.165, 1.54) is 42.8 Å². The fraction of sp³-hybridized carbons (Fsp3) is 0.769. The van der Waals surface area contributed by atoms with E-state index in [2.05, 4.69) is 19.2 Å². The second kappa shape index (κ2) is 4.11. The predicted octanol–water partition coefficient (Wildman–Crippen LogP) is 3.08. The summed E-state index contributed by atoms with van der Waals surface area (Å²) in [6.45, 7) is 4.47. The van der Waals surface area contributed by atoms with E-state index >= 15 is 0 Å². The molecule has 1 fully saturated rings. The highest BCUT2D eigenvalue weighted by Gasteiger charge is 2.35. The molecule has 1 heterocycles. The zero-order chi connectivity index (χ0) is 11.1. The van der Waals surface area contributed by atoms with Gasteiger partial charge in [-0.3, -0.25) is 0 Å². The Hall–Kier alpha value is -0.410. The predicted molar refractivity (Wildman–Crippen MR) is 67.9 cm³/mol. The molecule has 0 bridgehead atoms. The van der Waals surface area contributed by atoms with Crippen LogP contribution in [0.4, 0.5) is 0 Å². The zero-order valence-electron chi connectivity index (χ0n) is 10.1. The topological polar surface area (TPSA) is 24.9 Å². The average molecular weight is 236 g/mol. The first-order valence-electron chi connectivity index (χ1n) is 6.48. The van der Waals surface area contributed by atoms with Crippen molar-refractivity contribution in [3.8, 4) is 0 Å². The Morgan fingerprint density at radius 3 is 2.75 bits per heavy atom. The van der Waals surface area contributed by atoms with Crippen LogP contribution in [0.1, 0.15) is 54.7 Å². The smallest absolute Gasteiger partial charge is 0.110 e. The van der Waals surface area contributed by atoms with Crippen LogP contribution in [0.3, 0.4) is 0 Å². The molecule has 2 aliphatic carbocycles. The van der Waals surface area contributed by atoms with Crippen LogP contribution in [-0.4, -0.2) is 11.0 Å². The Morgan fingerprint density at radius 1 is 1.31 bits per heavy atom. The largest absolute Gasteiger partial charge is 0.305 e. The van der Waals surface area contributed by atoms with Crippen molar-refractivity contribution in [3.63, 3.8) is 0 Å². The van der Waals surface area contributed by atoms with Gasteiger partial charge in [0, 0.05) is 10.9 Å². The first-order chi connectivity index (χ1) is 7.74. The summed E-state index contributed by atoms with van der Waals surface area (Å²) in [5.74, 6) is 0.855. The molecule has 16 heavy (non-hydrogen) atoms. The number of nitrogens with one attached hydrogen (secondary N) is 1. The number of fused-ring (bicyclic) bond motifs is 1. The molecule has 3 heteroatoms. The Morgan fingerprint density at radius 2 is 2.12 bits per heavy atom. The molecular weight excluding hydrogens is 216 g/mol. The maximum Gasteiger partial charge on any atom is 0.110 e. The van der Waals surface area contributed by atoms with E-state index in [0.717, 1.165) is 5.92 Å². The molecule has 1 saturated carbocycles. The van der Waals surface area contributed by atoms with Gasteiger partial charge in [-0.25, -0.2) is 4.98 Å². The van der Waals surface area contributed by atoms with E-state index in [4.69, 9.17) is 4.98 Å². The number of aromatic nitrogens is 1. The van der Waals surface area contributed by atoms with Crippen LogP contribution in [0.2, 0.25) is 0 Å². The summed E-state index contributed by atoms with van der Waals surface area (Å²) in [5.41, 5.74) is 1.40. The van der Waals surface area contributed by atoms with Gasteiger partial charge in [0.1, 0.15) is 5.01 Å². The third kappa shape index (κ3) is 2.03. The minimum Gasteiger partial charge on any atom is -0.305 e. The molecule has 1 N–H and O–H groups in total. The minimum absolute atomic E-state index is 0.538. The van der Waals surface area contributed by atoms with Crippen molar-refractivity contribution in [2.45, 2.75) is 58.0 Å². The fourth-order valence-corrected chi connectivity index (χ4v) is 3.85. The number of aryl methyl sites for hydroxylation is 2. The van der Waals surface area contributed by atoms with E-state index in [1.807, 2.05) is 11.3 Å². The SMILES string of the molecule is CC(C)NC(c1nc2c(s1)CCC2)C1CC1. The highest BCUT2D eigenvalue weighted by Crippen LogP contribution is 2.43. The van der Waals surface area contributed by atoms with Gasteiger partial charge in [-0.1, -0.05) is 13.8 Å². The summed E-state index contributed by atoms with van der Waals surface area (Å²) in [6.07, 6.45) is 6.57. The minimum atomic E-state index is 0.538. The first kappa shape index (κ1) is 10.7. The Bertz CT molecular complexity index is 358. The molecule has 1 aromatic heterocycles. The lowest BCUT2D eigenvalue weighted by molar-refractivity contribution is 0.434. The van der Waals surface area contributed by atoms with Crippen LogP contribution in [0.15, 0.2) is 0 Å². The summed E-state index contributed by atoms with van der Waals surface area (Å²) < 4.78 is 0. The Kier molecular flexibility index (Phi) is 2.76. The number of rotatable bonds is 4. The molecule has 0 radical (unpaired) electrons. The van der Waals surface area contributed by atoms with Gasteiger partial charge in [-0.2, -0.15) is 0 Å². The lowest BCUT2D eigenvalue weighted by Crippen LogP contribution is -2.29. The molecule has 1 aromatic rings. The van der Waals surface area contributed by atoms with Gasteiger partial charge in [0.25, 0.3) is 0 Å². The van der Waals surface area contributed by atoms with E-state index < -0.39 is 0 Å². The normalized spacial score (nSPS) is 21.4. The van der Waals surface area contributed by atoms with Crippen molar-refractivity contribution < 1.29 is 0 Å². The van der Waals surface area contributed by atoms with Gasteiger partial charge in [-0.05, 0) is 38.0 Å². The number of hydrogen-bond acceptors (Lipinski definition) is 3. The standard InChI is InChI=1S/C13H20N2S/c1-8(2)14-12(9-6-7-9)13-15-10-4-3-5-11(10)16-13/h8-9,12,14H,3-7H2,1-2H3. The Labute approximate surface area is 101 Å². The maximum absolute atomic E-state index is 4.86. The van der Waals surface area contributed by atoms with Crippen molar-refractivity contribution in [1.82, 2.24) is 10.3 Å². The van der Waals surface area contributed by atoms with Gasteiger partial charge in [0.15, 0.2) is 0 Å². The molecule has 3 rings (SSSR count). The molecule has 1 atom stereocenters. The molecular formula is C13H20N2S. The number of thiazole rings is 1. The Balaban J connectivity index is 1.81. The lowest BCUT2D eigenvalue weighted by atomic mass is 10.1. The monoisotopic (exact) mass is 236 g/mol. The third-order valence-corrected chi connectivity index (χ3v) is 4.73. The van der Waals surface area contributed by atoms with Crippen molar-refractivity contribution in [3.05, 3.63) is 15.6 Å². The highest BCUT2D eigenvalue weighted by molar-refractivity contribution is 7.11. The van der Waals surface area contributed by atoms with Gasteiger partial charge in [-0.15, -0.1) is 11.3 Å². The van der Waals surface area contributed by atoms with Gasteiger partial charge in [0.05, 0.1) is 11.7 Å². The summed E-state index contributed by atoms with van der Waals surface area (Å²) >= 11 is 1.97. The molecule has 0 aromatic carbocycles. The third-order valence-electron chi connectivity index (χ3n) is 3.48. The van der Waals surface area contributed by atoms with Crippen LogP contribution >= 0.6 is 11.3 Å². The molecule has 0 spiro atoms. The van der Waals surface area contributed by atoms with Crippen molar-refractivity contribution in [1.29, 1.82) is 0 Å². The summed E-state index contributed by atoms with van der Waals surface area (Å²) in [6, 6.07) is 1.10. The molecule has 2 nitrogen and oxygen atoms in total. The van der Waals surface area contributed by atoms with E-state index in [9.17, 15) is 0 Å². The van der Waals surface area contributed by atoms with E-state index in [1.54, 1.807) is 4.88 Å². The van der Waals surface area contributed by atoms with Crippen LogP contribution < -0.4 is 5.32 Å². The maximum atomic E-state index is 4.86. The van der Waals surface area contributed by atoms with Crippen molar-refractivity contribution >= 4 is 11.3 Å². The molecule has 1 unspecified atom stereocenters. The van der Waals surface area contributed by atoms with Crippen molar-refractivity contribution in [2.75, 3.05) is 0 Å². The van der Waals surface area contributed by atoms with Crippen LogP contribution in [0, 0.1) is 5.92 Å². The second-order valence-electron chi connectivity index (χ2n) is 5.41. The second-order valence-corrected chi connectivity index (χ2v) is 6.53. The molecule has 88 valence electrons. The van der Waals surface area contributed by atoms with E-state index in [-0.39, 0.29) is 0 Å². The van der Waals surface area contributed by atoms with Crippen LogP contribution in [0.25, 0.3) is 0 Å². The van der Waals surface area contributed by atoms with Gasteiger partial charge >= 0.3 is 0 Å². The van der Waals surface area contributed by atoms with Crippen LogP contribution in [0.5, 0.6) is 0 Å². The average Bonchev–Trinajstić information content (AvgIpc) is 2.82. The quantitative estimate of drug-likeness (QED) is 0.869. The fourth-order valence-electron chi connectivity index (χ4n) is 2.54. The van der Waals surface area contributed by atoms with Gasteiger partial charge < -0.3 is 5.32 Å². The highest BCUT2D eigenvalue weighted by atomic mass is 32.1. The molecule has 2 aliphatic rings. The summed E-state index contributed by atoms with van der Waals surface area (Å²) in [4.78, 5) is 6.42. The van der Waals surface area contributed by atoms with Crippen molar-refractivity contribution in [2.24, 2.45) is 5.92 Å². The zero-order valence-corrected chi connectivity index (χ0v) is 10.9. The van der Waals surface area contributed by atoms with E-state index in [0.29, 0.717) is 12.1 Å². The molecule has 0 amide bonds. The summed E-state index contributed by atoms with van der Waals surface area (Å²) in [7, 11) is 0. The lowest BCUT2D eigenvalue weighted by Gasteiger charge is -2.18. The van der Waals surface area contributed by atoms with Gasteiger partial charge in [0.2, 0.25) is 0 Å².